The van der Waals surface area contributed by atoms with E-state index in [9.17, 15) is 35.9 Å². The Bertz CT molecular complexity index is 1180. The number of nitrogens with one attached hydrogen (secondary N) is 1. The number of carbonyl (C=O) groups excluding carboxylic acids is 2. The number of anilines is 1. The van der Waals surface area contributed by atoms with Gasteiger partial charge in [-0.1, -0.05) is 30.3 Å². The highest BCUT2D eigenvalue weighted by atomic mass is 32.1. The molecule has 1 heterocycles. The molecule has 0 aliphatic carbocycles. The summed E-state index contributed by atoms with van der Waals surface area (Å²) >= 11 is 0.955. The highest BCUT2D eigenvalue weighted by Crippen LogP contribution is 2.41. The average molecular weight is 501 g/mol. The molecular formula is C23H17F6NO3S. The third kappa shape index (κ3) is 5.41. The maximum absolute atomic E-state index is 13.2. The van der Waals surface area contributed by atoms with Gasteiger partial charge >= 0.3 is 18.3 Å². The van der Waals surface area contributed by atoms with Crippen molar-refractivity contribution in [2.75, 3.05) is 11.9 Å². The van der Waals surface area contributed by atoms with Gasteiger partial charge in [0.05, 0.1) is 17.7 Å². The van der Waals surface area contributed by atoms with Crippen LogP contribution in [0.25, 0.3) is 11.1 Å². The first-order valence-corrected chi connectivity index (χ1v) is 10.6. The molecule has 11 heteroatoms. The number of halogens is 6. The summed E-state index contributed by atoms with van der Waals surface area (Å²) in [4.78, 5) is 26.1. The highest BCUT2D eigenvalue weighted by molar-refractivity contribution is 7.17. The fourth-order valence-corrected chi connectivity index (χ4v) is 4.30. The molecule has 1 amide bonds. The number of thiophene rings is 1. The molecule has 34 heavy (non-hydrogen) atoms. The monoisotopic (exact) mass is 501 g/mol. The summed E-state index contributed by atoms with van der Waals surface area (Å²) in [6, 6.07) is 9.22. The van der Waals surface area contributed by atoms with Crippen LogP contribution >= 0.6 is 11.3 Å². The van der Waals surface area contributed by atoms with Gasteiger partial charge in [-0.15, -0.1) is 11.3 Å². The molecule has 0 radical (unpaired) electrons. The van der Waals surface area contributed by atoms with Crippen LogP contribution in [0.3, 0.4) is 0 Å². The van der Waals surface area contributed by atoms with Crippen LogP contribution in [-0.4, -0.2) is 18.5 Å². The van der Waals surface area contributed by atoms with E-state index in [2.05, 4.69) is 5.32 Å². The first-order valence-electron chi connectivity index (χ1n) is 9.79. The number of ether oxygens (including phenoxy) is 1. The van der Waals surface area contributed by atoms with E-state index in [1.54, 1.807) is 44.2 Å². The van der Waals surface area contributed by atoms with E-state index in [0.717, 1.165) is 11.3 Å². The molecule has 3 aromatic rings. The number of carbonyl (C=O) groups is 2. The molecule has 0 bridgehead atoms. The fraction of sp³-hybridized carbons (Fsp3) is 0.217. The topological polar surface area (TPSA) is 55.4 Å². The highest BCUT2D eigenvalue weighted by Gasteiger charge is 2.37. The summed E-state index contributed by atoms with van der Waals surface area (Å²) in [6.07, 6.45) is -10.2. The van der Waals surface area contributed by atoms with Crippen molar-refractivity contribution in [3.05, 3.63) is 75.7 Å². The van der Waals surface area contributed by atoms with Crippen molar-refractivity contribution >= 4 is 28.2 Å². The number of hydrogen-bond donors (Lipinski definition) is 1. The second kappa shape index (κ2) is 9.49. The van der Waals surface area contributed by atoms with Gasteiger partial charge in [0.2, 0.25) is 0 Å². The van der Waals surface area contributed by atoms with Crippen LogP contribution in [0.4, 0.5) is 31.3 Å². The van der Waals surface area contributed by atoms with Crippen LogP contribution in [0.1, 0.15) is 43.6 Å². The summed E-state index contributed by atoms with van der Waals surface area (Å²) in [5, 5.41) is 2.25. The lowest BCUT2D eigenvalue weighted by molar-refractivity contribution is -0.143. The Morgan fingerprint density at radius 2 is 1.50 bits per heavy atom. The second-order valence-corrected chi connectivity index (χ2v) is 8.30. The number of amides is 1. The van der Waals surface area contributed by atoms with Gasteiger partial charge < -0.3 is 10.1 Å². The third-order valence-corrected chi connectivity index (χ3v) is 5.72. The van der Waals surface area contributed by atoms with Crippen LogP contribution in [-0.2, 0) is 17.1 Å². The van der Waals surface area contributed by atoms with Gasteiger partial charge in [0.25, 0.3) is 5.91 Å². The van der Waals surface area contributed by atoms with Crippen molar-refractivity contribution in [1.29, 1.82) is 0 Å². The first-order chi connectivity index (χ1) is 15.8. The molecule has 2 aromatic carbocycles. The lowest BCUT2D eigenvalue weighted by atomic mass is 10.0. The fourth-order valence-electron chi connectivity index (χ4n) is 3.24. The molecule has 0 fully saturated rings. The van der Waals surface area contributed by atoms with Crippen molar-refractivity contribution in [3.63, 3.8) is 0 Å². The molecule has 0 spiro atoms. The summed E-state index contributed by atoms with van der Waals surface area (Å²) in [7, 11) is 0. The Kier molecular flexibility index (Phi) is 7.06. The minimum atomic E-state index is -5.10. The molecule has 180 valence electrons. The molecule has 0 aliphatic rings. The van der Waals surface area contributed by atoms with E-state index >= 15 is 0 Å². The lowest BCUT2D eigenvalue weighted by Crippen LogP contribution is -2.18. The van der Waals surface area contributed by atoms with E-state index in [-0.39, 0.29) is 23.2 Å². The van der Waals surface area contributed by atoms with Gasteiger partial charge in [-0.3, -0.25) is 4.79 Å². The molecule has 0 atom stereocenters. The third-order valence-electron chi connectivity index (χ3n) is 4.70. The quantitative estimate of drug-likeness (QED) is 0.297. The molecule has 0 unspecified atom stereocenters. The van der Waals surface area contributed by atoms with Crippen molar-refractivity contribution in [1.82, 2.24) is 0 Å². The van der Waals surface area contributed by atoms with Gasteiger partial charge in [0.15, 0.2) is 0 Å². The van der Waals surface area contributed by atoms with Crippen molar-refractivity contribution in [3.8, 4) is 11.1 Å². The van der Waals surface area contributed by atoms with Crippen LogP contribution in [0, 0.1) is 6.92 Å². The predicted octanol–water partition coefficient (Wildman–Crippen LogP) is 7.19. The molecule has 1 N–H and O–H groups in total. The van der Waals surface area contributed by atoms with Gasteiger partial charge in [-0.2, -0.15) is 26.3 Å². The van der Waals surface area contributed by atoms with Crippen LogP contribution in [0.15, 0.2) is 48.5 Å². The van der Waals surface area contributed by atoms with Gasteiger partial charge in [0, 0.05) is 16.0 Å². The van der Waals surface area contributed by atoms with Crippen molar-refractivity contribution in [2.24, 2.45) is 0 Å². The summed E-state index contributed by atoms with van der Waals surface area (Å²) in [6.45, 7) is 3.24. The zero-order valence-electron chi connectivity index (χ0n) is 17.7. The minimum Gasteiger partial charge on any atom is -0.462 e. The number of alkyl halides is 6. The number of esters is 1. The van der Waals surface area contributed by atoms with E-state index in [4.69, 9.17) is 4.74 Å². The first kappa shape index (κ1) is 25.3. The number of benzene rings is 2. The Balaban J connectivity index is 2.10. The zero-order chi connectivity index (χ0) is 25.3. The van der Waals surface area contributed by atoms with Gasteiger partial charge in [-0.25, -0.2) is 4.79 Å². The summed E-state index contributed by atoms with van der Waals surface area (Å²) < 4.78 is 84.1. The van der Waals surface area contributed by atoms with Gasteiger partial charge in [-0.05, 0) is 37.6 Å². The molecule has 1 aromatic heterocycles. The Morgan fingerprint density at radius 3 is 2.00 bits per heavy atom. The second-order valence-electron chi connectivity index (χ2n) is 7.07. The number of aryl methyl sites for hydroxylation is 1. The lowest BCUT2D eigenvalue weighted by Gasteiger charge is -2.14. The van der Waals surface area contributed by atoms with Crippen LogP contribution in [0.2, 0.25) is 0 Å². The molecule has 4 nitrogen and oxygen atoms in total. The molecule has 0 aliphatic heterocycles. The van der Waals surface area contributed by atoms with Crippen LogP contribution < -0.4 is 5.32 Å². The Labute approximate surface area is 194 Å². The maximum Gasteiger partial charge on any atom is 0.416 e. The standard InChI is InChI=1S/C23H17F6NO3S/c1-3-33-21(32)18-17(13-7-5-4-6-8-13)12(2)34-20(18)30-19(31)14-9-15(22(24,25)26)11-16(10-14)23(27,28)29/h4-11H,3H2,1-2H3,(H,30,31). The molecular weight excluding hydrogens is 484 g/mol. The number of hydrogen-bond acceptors (Lipinski definition) is 4. The van der Waals surface area contributed by atoms with E-state index in [1.807, 2.05) is 0 Å². The molecule has 3 rings (SSSR count). The maximum atomic E-state index is 13.2. The normalized spacial score (nSPS) is 11.9. The number of rotatable bonds is 5. The van der Waals surface area contributed by atoms with E-state index in [0.29, 0.717) is 28.1 Å². The Hall–Kier alpha value is -3.34. The minimum absolute atomic E-state index is 0.0118. The van der Waals surface area contributed by atoms with E-state index in [1.165, 1.54) is 0 Å². The summed E-state index contributed by atoms with van der Waals surface area (Å²) in [5.41, 5.74) is -3.07. The Morgan fingerprint density at radius 1 is 0.941 bits per heavy atom. The van der Waals surface area contributed by atoms with Crippen molar-refractivity contribution < 1.29 is 40.7 Å². The average Bonchev–Trinajstić information content (AvgIpc) is 3.08. The smallest absolute Gasteiger partial charge is 0.416 e. The zero-order valence-corrected chi connectivity index (χ0v) is 18.5. The van der Waals surface area contributed by atoms with E-state index < -0.39 is 40.9 Å². The van der Waals surface area contributed by atoms with Gasteiger partial charge in [0.1, 0.15) is 10.6 Å². The van der Waals surface area contributed by atoms with Crippen LogP contribution in [0.5, 0.6) is 0 Å². The summed E-state index contributed by atoms with van der Waals surface area (Å²) in [5.74, 6) is -2.02. The predicted molar refractivity (Wildman–Crippen MR) is 115 cm³/mol. The molecule has 0 saturated heterocycles. The SMILES string of the molecule is CCOC(=O)c1c(NC(=O)c2cc(C(F)(F)F)cc(C(F)(F)F)c2)sc(C)c1-c1ccccc1. The largest absolute Gasteiger partial charge is 0.462 e. The molecule has 0 saturated carbocycles. The van der Waals surface area contributed by atoms with Crippen molar-refractivity contribution in [2.45, 2.75) is 26.2 Å².